The molecule has 1 saturated heterocycles. The van der Waals surface area contributed by atoms with E-state index in [4.69, 9.17) is 0 Å². The summed E-state index contributed by atoms with van der Waals surface area (Å²) in [6.45, 7) is 6.06. The number of pyridine rings is 1. The molecule has 0 radical (unpaired) electrons. The largest absolute Gasteiger partial charge is 0.369 e. The molecule has 1 fully saturated rings. The van der Waals surface area contributed by atoms with Gasteiger partial charge < -0.3 is 9.80 Å². The Morgan fingerprint density at radius 1 is 0.962 bits per heavy atom. The van der Waals surface area contributed by atoms with E-state index >= 15 is 0 Å². The van der Waals surface area contributed by atoms with Crippen LogP contribution >= 0.6 is 0 Å². The van der Waals surface area contributed by atoms with E-state index in [0.717, 1.165) is 31.9 Å². The lowest BCUT2D eigenvalue weighted by Gasteiger charge is -2.34. The number of anilines is 1. The van der Waals surface area contributed by atoms with Gasteiger partial charge in [0.05, 0.1) is 11.4 Å². The standard InChI is InChI=1S/C19H21FN6/c1-14-19(26-13-15(20)3-8-18(26)21-14)23-22-16-4-6-17(7-5-16)25-11-9-24(2)10-12-25/h3-8,13H,9-12H2,1-2H3. The molecular formula is C19H21FN6. The van der Waals surface area contributed by atoms with Gasteiger partial charge in [0.1, 0.15) is 11.5 Å². The zero-order valence-electron chi connectivity index (χ0n) is 14.9. The van der Waals surface area contributed by atoms with Crippen molar-refractivity contribution in [2.75, 3.05) is 38.1 Å². The van der Waals surface area contributed by atoms with Gasteiger partial charge >= 0.3 is 0 Å². The van der Waals surface area contributed by atoms with Crippen LogP contribution < -0.4 is 4.90 Å². The summed E-state index contributed by atoms with van der Waals surface area (Å²) in [6.07, 6.45) is 1.38. The van der Waals surface area contributed by atoms with Crippen LogP contribution in [0.1, 0.15) is 5.69 Å². The number of piperazine rings is 1. The van der Waals surface area contributed by atoms with Gasteiger partial charge in [-0.15, -0.1) is 10.2 Å². The Kier molecular flexibility index (Phi) is 4.38. The van der Waals surface area contributed by atoms with E-state index in [1.165, 1.54) is 18.0 Å². The lowest BCUT2D eigenvalue weighted by atomic mass is 10.2. The van der Waals surface area contributed by atoms with Gasteiger partial charge in [0, 0.05) is 38.1 Å². The molecule has 0 unspecified atom stereocenters. The van der Waals surface area contributed by atoms with Crippen LogP contribution in [-0.2, 0) is 0 Å². The molecule has 0 spiro atoms. The summed E-state index contributed by atoms with van der Waals surface area (Å²) >= 11 is 0. The smallest absolute Gasteiger partial charge is 0.182 e. The Labute approximate surface area is 151 Å². The SMILES string of the molecule is Cc1nc2ccc(F)cn2c1N=Nc1ccc(N2CCN(C)CC2)cc1. The number of hydrogen-bond donors (Lipinski definition) is 0. The van der Waals surface area contributed by atoms with Crippen LogP contribution in [0, 0.1) is 12.7 Å². The van der Waals surface area contributed by atoms with Gasteiger partial charge in [-0.1, -0.05) is 0 Å². The molecule has 0 saturated carbocycles. The maximum Gasteiger partial charge on any atom is 0.182 e. The first-order valence-electron chi connectivity index (χ1n) is 8.70. The molecule has 0 bridgehead atoms. The monoisotopic (exact) mass is 352 g/mol. The number of likely N-dealkylation sites (N-methyl/N-ethyl adjacent to an activating group) is 1. The molecular weight excluding hydrogens is 331 g/mol. The van der Waals surface area contributed by atoms with E-state index in [0.29, 0.717) is 17.2 Å². The Balaban J connectivity index is 1.54. The highest BCUT2D eigenvalue weighted by Gasteiger charge is 2.14. The van der Waals surface area contributed by atoms with E-state index in [-0.39, 0.29) is 5.82 Å². The molecule has 6 nitrogen and oxygen atoms in total. The van der Waals surface area contributed by atoms with Crippen molar-refractivity contribution in [1.82, 2.24) is 14.3 Å². The lowest BCUT2D eigenvalue weighted by Crippen LogP contribution is -2.44. The first-order valence-corrected chi connectivity index (χ1v) is 8.70. The summed E-state index contributed by atoms with van der Waals surface area (Å²) in [4.78, 5) is 9.09. The van der Waals surface area contributed by atoms with Crippen molar-refractivity contribution in [3.05, 3.63) is 54.1 Å². The molecule has 0 N–H and O–H groups in total. The molecule has 3 heterocycles. The van der Waals surface area contributed by atoms with E-state index in [9.17, 15) is 4.39 Å². The molecule has 1 aromatic carbocycles. The summed E-state index contributed by atoms with van der Waals surface area (Å²) in [5.41, 5.74) is 3.33. The van der Waals surface area contributed by atoms with Crippen molar-refractivity contribution in [3.63, 3.8) is 0 Å². The number of rotatable bonds is 3. The van der Waals surface area contributed by atoms with Crippen LogP contribution in [0.15, 0.2) is 52.8 Å². The highest BCUT2D eigenvalue weighted by molar-refractivity contribution is 5.54. The molecule has 0 atom stereocenters. The molecule has 2 aromatic heterocycles. The van der Waals surface area contributed by atoms with Crippen LogP contribution in [0.3, 0.4) is 0 Å². The Bertz CT molecular complexity index is 939. The van der Waals surface area contributed by atoms with Gasteiger partial charge in [0.15, 0.2) is 5.82 Å². The number of benzene rings is 1. The van der Waals surface area contributed by atoms with Crippen molar-refractivity contribution in [1.29, 1.82) is 0 Å². The van der Waals surface area contributed by atoms with Gasteiger partial charge in [-0.05, 0) is 50.4 Å². The highest BCUT2D eigenvalue weighted by Crippen LogP contribution is 2.25. The van der Waals surface area contributed by atoms with E-state index < -0.39 is 0 Å². The van der Waals surface area contributed by atoms with Gasteiger partial charge in [0.25, 0.3) is 0 Å². The quantitative estimate of drug-likeness (QED) is 0.671. The van der Waals surface area contributed by atoms with E-state index in [1.54, 1.807) is 10.5 Å². The summed E-state index contributed by atoms with van der Waals surface area (Å²) in [5.74, 6) is 0.213. The first-order chi connectivity index (χ1) is 12.6. The van der Waals surface area contributed by atoms with Crippen molar-refractivity contribution in [2.24, 2.45) is 10.2 Å². The second-order valence-electron chi connectivity index (χ2n) is 6.60. The number of nitrogens with zero attached hydrogens (tertiary/aromatic N) is 6. The van der Waals surface area contributed by atoms with E-state index in [2.05, 4.69) is 44.2 Å². The molecule has 3 aromatic rings. The van der Waals surface area contributed by atoms with Crippen molar-refractivity contribution in [3.8, 4) is 0 Å². The molecule has 26 heavy (non-hydrogen) atoms. The number of hydrogen-bond acceptors (Lipinski definition) is 5. The summed E-state index contributed by atoms with van der Waals surface area (Å²) in [5, 5.41) is 8.60. The van der Waals surface area contributed by atoms with Gasteiger partial charge in [-0.3, -0.25) is 4.40 Å². The molecule has 1 aliphatic rings. The fourth-order valence-corrected chi connectivity index (χ4v) is 3.14. The minimum atomic E-state index is -0.331. The number of aryl methyl sites for hydroxylation is 1. The molecule has 1 aliphatic heterocycles. The summed E-state index contributed by atoms with van der Waals surface area (Å²) in [6, 6.07) is 11.1. The predicted molar refractivity (Wildman–Crippen MR) is 100 cm³/mol. The summed E-state index contributed by atoms with van der Waals surface area (Å²) in [7, 11) is 2.15. The Morgan fingerprint density at radius 2 is 1.69 bits per heavy atom. The van der Waals surface area contributed by atoms with Crippen LogP contribution in [0.25, 0.3) is 5.65 Å². The number of azo groups is 1. The molecule has 4 rings (SSSR count). The average Bonchev–Trinajstić information content (AvgIpc) is 2.96. The van der Waals surface area contributed by atoms with Crippen LogP contribution in [0.4, 0.5) is 21.6 Å². The van der Waals surface area contributed by atoms with E-state index in [1.807, 2.05) is 19.1 Å². The minimum Gasteiger partial charge on any atom is -0.369 e. The predicted octanol–water partition coefficient (Wildman–Crippen LogP) is 3.95. The highest BCUT2D eigenvalue weighted by atomic mass is 19.1. The van der Waals surface area contributed by atoms with Crippen LogP contribution in [0.5, 0.6) is 0 Å². The second kappa shape index (κ2) is 6.84. The van der Waals surface area contributed by atoms with Crippen molar-refractivity contribution < 1.29 is 4.39 Å². The van der Waals surface area contributed by atoms with Crippen LogP contribution in [-0.4, -0.2) is 47.5 Å². The average molecular weight is 352 g/mol. The van der Waals surface area contributed by atoms with Crippen molar-refractivity contribution in [2.45, 2.75) is 6.92 Å². The normalized spacial score (nSPS) is 16.0. The number of imidazole rings is 1. The third-order valence-electron chi connectivity index (χ3n) is 4.70. The molecule has 7 heteroatoms. The molecule has 0 amide bonds. The van der Waals surface area contributed by atoms with Crippen LogP contribution in [0.2, 0.25) is 0 Å². The number of aromatic nitrogens is 2. The molecule has 0 aliphatic carbocycles. The number of halogens is 1. The summed E-state index contributed by atoms with van der Waals surface area (Å²) < 4.78 is 15.1. The fourth-order valence-electron chi connectivity index (χ4n) is 3.14. The third-order valence-corrected chi connectivity index (χ3v) is 4.70. The lowest BCUT2D eigenvalue weighted by molar-refractivity contribution is 0.313. The first kappa shape index (κ1) is 16.7. The fraction of sp³-hybridized carbons (Fsp3) is 0.316. The maximum absolute atomic E-state index is 13.5. The maximum atomic E-state index is 13.5. The third kappa shape index (κ3) is 3.30. The van der Waals surface area contributed by atoms with Gasteiger partial charge in [0.2, 0.25) is 0 Å². The second-order valence-corrected chi connectivity index (χ2v) is 6.60. The number of fused-ring (bicyclic) bond motifs is 1. The van der Waals surface area contributed by atoms with Crippen molar-refractivity contribution >= 4 is 22.8 Å². The zero-order chi connectivity index (χ0) is 18.1. The van der Waals surface area contributed by atoms with Gasteiger partial charge in [-0.25, -0.2) is 9.37 Å². The molecule has 134 valence electrons. The minimum absolute atomic E-state index is 0.331. The topological polar surface area (TPSA) is 48.5 Å². The zero-order valence-corrected chi connectivity index (χ0v) is 14.9. The van der Waals surface area contributed by atoms with Gasteiger partial charge in [-0.2, -0.15) is 0 Å². The Hall–Kier alpha value is -2.80. The Morgan fingerprint density at radius 3 is 2.42 bits per heavy atom.